The van der Waals surface area contributed by atoms with Gasteiger partial charge in [0.05, 0.1) is 5.75 Å². The van der Waals surface area contributed by atoms with Crippen molar-refractivity contribution in [2.24, 2.45) is 0 Å². The summed E-state index contributed by atoms with van der Waals surface area (Å²) in [6, 6.07) is 5.78. The normalized spacial score (nSPS) is 16.8. The van der Waals surface area contributed by atoms with E-state index in [0.29, 0.717) is 38.2 Å². The van der Waals surface area contributed by atoms with Gasteiger partial charge in [-0.3, -0.25) is 4.79 Å². The second-order valence-corrected chi connectivity index (χ2v) is 7.91. The van der Waals surface area contributed by atoms with Gasteiger partial charge in [0, 0.05) is 31.7 Å². The highest BCUT2D eigenvalue weighted by Gasteiger charge is 2.28. The molecule has 1 amide bonds. The van der Waals surface area contributed by atoms with Crippen molar-refractivity contribution >= 4 is 15.9 Å². The van der Waals surface area contributed by atoms with Crippen LogP contribution in [0.2, 0.25) is 0 Å². The number of sulfonamides is 1. The minimum Gasteiger partial charge on any atom is -0.336 e. The summed E-state index contributed by atoms with van der Waals surface area (Å²) in [5, 5.41) is 0. The molecule has 0 radical (unpaired) electrons. The number of amides is 1. The van der Waals surface area contributed by atoms with Gasteiger partial charge in [-0.2, -0.15) is 4.31 Å². The number of hydrogen-bond acceptors (Lipinski definition) is 3. The van der Waals surface area contributed by atoms with E-state index < -0.39 is 10.0 Å². The quantitative estimate of drug-likeness (QED) is 0.848. The van der Waals surface area contributed by atoms with Crippen LogP contribution in [0.25, 0.3) is 0 Å². The Balaban J connectivity index is 2.04. The molecule has 22 heavy (non-hydrogen) atoms. The molecule has 1 fully saturated rings. The lowest BCUT2D eigenvalue weighted by Crippen LogP contribution is -2.51. The Morgan fingerprint density at radius 1 is 1.14 bits per heavy atom. The van der Waals surface area contributed by atoms with Gasteiger partial charge in [0.2, 0.25) is 10.0 Å². The summed E-state index contributed by atoms with van der Waals surface area (Å²) in [6.45, 7) is 7.47. The van der Waals surface area contributed by atoms with Crippen molar-refractivity contribution in [1.82, 2.24) is 9.21 Å². The molecule has 0 saturated carbocycles. The Morgan fingerprint density at radius 2 is 1.77 bits per heavy atom. The second-order valence-electron chi connectivity index (χ2n) is 5.83. The Morgan fingerprint density at radius 3 is 2.32 bits per heavy atom. The van der Waals surface area contributed by atoms with Crippen molar-refractivity contribution in [3.8, 4) is 0 Å². The van der Waals surface area contributed by atoms with E-state index in [1.807, 2.05) is 39.0 Å². The van der Waals surface area contributed by atoms with E-state index in [0.717, 1.165) is 11.1 Å². The highest BCUT2D eigenvalue weighted by atomic mass is 32.2. The molecule has 1 aliphatic rings. The first kappa shape index (κ1) is 17.0. The van der Waals surface area contributed by atoms with Gasteiger partial charge < -0.3 is 4.90 Å². The molecule has 1 aliphatic heterocycles. The first-order valence-corrected chi connectivity index (χ1v) is 9.30. The van der Waals surface area contributed by atoms with Gasteiger partial charge in [-0.05, 0) is 31.9 Å². The lowest BCUT2D eigenvalue weighted by atomic mass is 10.0. The van der Waals surface area contributed by atoms with E-state index >= 15 is 0 Å². The zero-order valence-corrected chi connectivity index (χ0v) is 14.3. The van der Waals surface area contributed by atoms with Crippen molar-refractivity contribution in [3.63, 3.8) is 0 Å². The Labute approximate surface area is 133 Å². The maximum atomic E-state index is 12.6. The van der Waals surface area contributed by atoms with Crippen LogP contribution in [0.15, 0.2) is 18.2 Å². The van der Waals surface area contributed by atoms with Gasteiger partial charge in [-0.25, -0.2) is 8.42 Å². The fraction of sp³-hybridized carbons (Fsp3) is 0.562. The largest absolute Gasteiger partial charge is 0.336 e. The minimum atomic E-state index is -3.17. The summed E-state index contributed by atoms with van der Waals surface area (Å²) < 4.78 is 25.6. The highest BCUT2D eigenvalue weighted by Crippen LogP contribution is 2.16. The van der Waals surface area contributed by atoms with Gasteiger partial charge in [0.15, 0.2) is 0 Å². The van der Waals surface area contributed by atoms with E-state index in [2.05, 4.69) is 0 Å². The smallest absolute Gasteiger partial charge is 0.254 e. The summed E-state index contributed by atoms with van der Waals surface area (Å²) in [5.41, 5.74) is 2.80. The Kier molecular flexibility index (Phi) is 5.24. The molecule has 1 saturated heterocycles. The molecule has 1 heterocycles. The minimum absolute atomic E-state index is 0.00922. The van der Waals surface area contributed by atoms with Crippen LogP contribution in [0.5, 0.6) is 0 Å². The molecule has 0 bridgehead atoms. The van der Waals surface area contributed by atoms with E-state index in [9.17, 15) is 13.2 Å². The van der Waals surface area contributed by atoms with Gasteiger partial charge in [0.25, 0.3) is 5.91 Å². The molecule has 1 aromatic rings. The van der Waals surface area contributed by atoms with Crippen LogP contribution in [-0.2, 0) is 10.0 Å². The van der Waals surface area contributed by atoms with Crippen molar-refractivity contribution < 1.29 is 13.2 Å². The number of benzene rings is 1. The van der Waals surface area contributed by atoms with E-state index in [-0.39, 0.29) is 11.7 Å². The lowest BCUT2D eigenvalue weighted by Gasteiger charge is -2.34. The van der Waals surface area contributed by atoms with Crippen molar-refractivity contribution in [3.05, 3.63) is 34.9 Å². The molecule has 0 aromatic heterocycles. The van der Waals surface area contributed by atoms with Crippen LogP contribution in [0.1, 0.15) is 34.8 Å². The average Bonchev–Trinajstić information content (AvgIpc) is 2.47. The molecule has 6 heteroatoms. The second kappa shape index (κ2) is 6.79. The third-order valence-electron chi connectivity index (χ3n) is 3.99. The Bertz CT molecular complexity index is 647. The SMILES string of the molecule is CCCS(=O)(=O)N1CCN(C(=O)c2ccc(C)cc2C)CC1. The summed E-state index contributed by atoms with van der Waals surface area (Å²) in [5.74, 6) is 0.169. The molecule has 0 atom stereocenters. The summed E-state index contributed by atoms with van der Waals surface area (Å²) in [4.78, 5) is 14.3. The van der Waals surface area contributed by atoms with Crippen molar-refractivity contribution in [2.75, 3.05) is 31.9 Å². The molecule has 5 nitrogen and oxygen atoms in total. The van der Waals surface area contributed by atoms with Crippen LogP contribution in [0, 0.1) is 13.8 Å². The number of carbonyl (C=O) groups excluding carboxylic acids is 1. The fourth-order valence-electron chi connectivity index (χ4n) is 2.78. The molecular weight excluding hydrogens is 300 g/mol. The predicted octanol–water partition coefficient (Wildman–Crippen LogP) is 1.80. The van der Waals surface area contributed by atoms with Crippen LogP contribution in [0.4, 0.5) is 0 Å². The molecule has 2 rings (SSSR count). The number of piperazine rings is 1. The molecule has 0 unspecified atom stereocenters. The highest BCUT2D eigenvalue weighted by molar-refractivity contribution is 7.89. The standard InChI is InChI=1S/C16H24N2O3S/c1-4-11-22(20,21)18-9-7-17(8-10-18)16(19)15-6-5-13(2)12-14(15)3/h5-6,12H,4,7-11H2,1-3H3. The third kappa shape index (κ3) is 3.67. The van der Waals surface area contributed by atoms with Gasteiger partial charge in [-0.1, -0.05) is 24.6 Å². The number of hydrogen-bond donors (Lipinski definition) is 0. The van der Waals surface area contributed by atoms with Crippen LogP contribution < -0.4 is 0 Å². The van der Waals surface area contributed by atoms with Gasteiger partial charge in [-0.15, -0.1) is 0 Å². The molecule has 1 aromatic carbocycles. The fourth-order valence-corrected chi connectivity index (χ4v) is 4.27. The number of nitrogens with zero attached hydrogens (tertiary/aromatic N) is 2. The monoisotopic (exact) mass is 324 g/mol. The first-order chi connectivity index (χ1) is 10.3. The van der Waals surface area contributed by atoms with Gasteiger partial charge in [0.1, 0.15) is 0 Å². The third-order valence-corrected chi connectivity index (χ3v) is 6.07. The molecule has 122 valence electrons. The Hall–Kier alpha value is -1.40. The van der Waals surface area contributed by atoms with Crippen molar-refractivity contribution in [1.29, 1.82) is 0 Å². The summed E-state index contributed by atoms with van der Waals surface area (Å²) in [7, 11) is -3.17. The number of rotatable bonds is 4. The first-order valence-electron chi connectivity index (χ1n) is 7.69. The predicted molar refractivity (Wildman–Crippen MR) is 87.5 cm³/mol. The van der Waals surface area contributed by atoms with E-state index in [1.165, 1.54) is 4.31 Å². The maximum absolute atomic E-state index is 12.6. The molecule has 0 N–H and O–H groups in total. The van der Waals surface area contributed by atoms with Gasteiger partial charge >= 0.3 is 0 Å². The zero-order valence-electron chi connectivity index (χ0n) is 13.5. The maximum Gasteiger partial charge on any atom is 0.254 e. The molecule has 0 aliphatic carbocycles. The van der Waals surface area contributed by atoms with Crippen LogP contribution in [-0.4, -0.2) is 55.5 Å². The van der Waals surface area contributed by atoms with Crippen LogP contribution in [0.3, 0.4) is 0 Å². The number of carbonyl (C=O) groups is 1. The molecular formula is C16H24N2O3S. The van der Waals surface area contributed by atoms with E-state index in [4.69, 9.17) is 0 Å². The topological polar surface area (TPSA) is 57.7 Å². The lowest BCUT2D eigenvalue weighted by molar-refractivity contribution is 0.0697. The van der Waals surface area contributed by atoms with E-state index in [1.54, 1.807) is 4.90 Å². The molecule has 0 spiro atoms. The van der Waals surface area contributed by atoms with Crippen LogP contribution >= 0.6 is 0 Å². The number of aryl methyl sites for hydroxylation is 2. The zero-order chi connectivity index (χ0) is 16.3. The average molecular weight is 324 g/mol. The summed E-state index contributed by atoms with van der Waals surface area (Å²) in [6.07, 6.45) is 0.615. The van der Waals surface area contributed by atoms with Crippen molar-refractivity contribution in [2.45, 2.75) is 27.2 Å². The summed E-state index contributed by atoms with van der Waals surface area (Å²) >= 11 is 0.